The maximum atomic E-state index is 11.3. The molecule has 0 fully saturated rings. The summed E-state index contributed by atoms with van der Waals surface area (Å²) in [7, 11) is 4.05. The van der Waals surface area contributed by atoms with Gasteiger partial charge in [0, 0.05) is 11.6 Å². The summed E-state index contributed by atoms with van der Waals surface area (Å²) >= 11 is 0. The molecule has 4 heteroatoms. The Hall–Kier alpha value is -1.84. The second-order valence-electron chi connectivity index (χ2n) is 5.53. The lowest BCUT2D eigenvalue weighted by atomic mass is 9.97. The molecule has 0 aromatic heterocycles. The molecule has 1 atom stereocenters. The Morgan fingerprint density at radius 3 is 2.27 bits per heavy atom. The van der Waals surface area contributed by atoms with E-state index >= 15 is 0 Å². The van der Waals surface area contributed by atoms with Gasteiger partial charge in [0.2, 0.25) is 0 Å². The fourth-order valence-corrected chi connectivity index (χ4v) is 2.43. The molecule has 0 bridgehead atoms. The van der Waals surface area contributed by atoms with Crippen LogP contribution < -0.4 is 0 Å². The number of rotatable bonds is 5. The Bertz CT molecular complexity index is 623. The average Bonchev–Trinajstić information content (AvgIpc) is 2.45. The van der Waals surface area contributed by atoms with Gasteiger partial charge in [-0.2, -0.15) is 0 Å². The van der Waals surface area contributed by atoms with Crippen LogP contribution in [0.1, 0.15) is 34.5 Å². The van der Waals surface area contributed by atoms with Gasteiger partial charge in [-0.05, 0) is 50.7 Å². The van der Waals surface area contributed by atoms with Crippen molar-refractivity contribution in [1.82, 2.24) is 4.90 Å². The molecule has 0 aliphatic carbocycles. The van der Waals surface area contributed by atoms with Crippen molar-refractivity contribution >= 4 is 18.2 Å². The van der Waals surface area contributed by atoms with Crippen molar-refractivity contribution in [2.45, 2.75) is 19.4 Å². The summed E-state index contributed by atoms with van der Waals surface area (Å²) in [5.74, 6) is 0.366. The molecule has 0 saturated carbocycles. The van der Waals surface area contributed by atoms with Crippen LogP contribution in [0.25, 0.3) is 0 Å². The number of phenolic OH excluding ortho intramolecular Hbond substituents is 1. The molecule has 22 heavy (non-hydrogen) atoms. The molecule has 1 N–H and O–H groups in total. The predicted octanol–water partition coefficient (Wildman–Crippen LogP) is 3.86. The van der Waals surface area contributed by atoms with Crippen LogP contribution in [0, 0.1) is 0 Å². The largest absolute Gasteiger partial charge is 0.508 e. The van der Waals surface area contributed by atoms with E-state index in [0.717, 1.165) is 17.5 Å². The summed E-state index contributed by atoms with van der Waals surface area (Å²) in [5.41, 5.74) is 2.98. The lowest BCUT2D eigenvalue weighted by molar-refractivity contribution is 0.101. The topological polar surface area (TPSA) is 40.5 Å². The summed E-state index contributed by atoms with van der Waals surface area (Å²) in [6, 6.07) is 15.3. The zero-order valence-corrected chi connectivity index (χ0v) is 13.9. The molecule has 2 aromatic rings. The van der Waals surface area contributed by atoms with E-state index in [1.807, 2.05) is 50.5 Å². The highest BCUT2D eigenvalue weighted by Crippen LogP contribution is 2.25. The van der Waals surface area contributed by atoms with Gasteiger partial charge in [0.25, 0.3) is 0 Å². The van der Waals surface area contributed by atoms with Crippen molar-refractivity contribution in [1.29, 1.82) is 0 Å². The Balaban J connectivity index is 0.00000242. The van der Waals surface area contributed by atoms with Crippen LogP contribution in [0.2, 0.25) is 0 Å². The SMILES string of the molecule is CC(=O)c1ccc(CC(c2cccc(O)c2)N(C)C)cc1.Cl. The summed E-state index contributed by atoms with van der Waals surface area (Å²) in [5, 5.41) is 9.65. The number of ketones is 1. The minimum atomic E-state index is 0. The number of phenols is 1. The Labute approximate surface area is 138 Å². The van der Waals surface area contributed by atoms with Gasteiger partial charge < -0.3 is 10.0 Å². The summed E-state index contributed by atoms with van der Waals surface area (Å²) in [4.78, 5) is 13.4. The van der Waals surface area contributed by atoms with E-state index in [4.69, 9.17) is 0 Å². The Kier molecular flexibility index (Phi) is 6.60. The third-order valence-electron chi connectivity index (χ3n) is 3.67. The first kappa shape index (κ1) is 18.2. The number of Topliss-reactive ketones (excluding diaryl/α,β-unsaturated/α-hetero) is 1. The zero-order chi connectivity index (χ0) is 15.4. The normalized spacial score (nSPS) is 11.8. The lowest BCUT2D eigenvalue weighted by Crippen LogP contribution is -2.22. The standard InChI is InChI=1S/C18H21NO2.ClH/c1-13(20)15-9-7-14(8-10-15)11-18(19(2)3)16-5-4-6-17(21)12-16;/h4-10,12,18,21H,11H2,1-3H3;1H. The molecule has 0 radical (unpaired) electrons. The van der Waals surface area contributed by atoms with Gasteiger partial charge in [-0.15, -0.1) is 12.4 Å². The number of carbonyl (C=O) groups excluding carboxylic acids is 1. The molecule has 3 nitrogen and oxygen atoms in total. The first-order valence-corrected chi connectivity index (χ1v) is 7.02. The molecule has 2 rings (SSSR count). The number of carbonyl (C=O) groups is 1. The fraction of sp³-hybridized carbons (Fsp3) is 0.278. The molecule has 0 heterocycles. The monoisotopic (exact) mass is 319 g/mol. The third kappa shape index (κ3) is 4.58. The van der Waals surface area contributed by atoms with Crippen LogP contribution in [-0.4, -0.2) is 29.9 Å². The van der Waals surface area contributed by atoms with Gasteiger partial charge in [0.1, 0.15) is 5.75 Å². The molecule has 1 unspecified atom stereocenters. The number of benzene rings is 2. The smallest absolute Gasteiger partial charge is 0.159 e. The van der Waals surface area contributed by atoms with Gasteiger partial charge in [-0.25, -0.2) is 0 Å². The van der Waals surface area contributed by atoms with E-state index in [-0.39, 0.29) is 30.0 Å². The van der Waals surface area contributed by atoms with Gasteiger partial charge >= 0.3 is 0 Å². The van der Waals surface area contributed by atoms with E-state index in [1.165, 1.54) is 5.56 Å². The number of hydrogen-bond donors (Lipinski definition) is 1. The van der Waals surface area contributed by atoms with Crippen LogP contribution >= 0.6 is 12.4 Å². The van der Waals surface area contributed by atoms with Crippen LogP contribution in [0.4, 0.5) is 0 Å². The number of aromatic hydroxyl groups is 1. The highest BCUT2D eigenvalue weighted by atomic mass is 35.5. The predicted molar refractivity (Wildman–Crippen MR) is 91.9 cm³/mol. The van der Waals surface area contributed by atoms with Crippen molar-refractivity contribution in [2.24, 2.45) is 0 Å². The van der Waals surface area contributed by atoms with E-state index in [0.29, 0.717) is 0 Å². The van der Waals surface area contributed by atoms with Crippen molar-refractivity contribution in [3.05, 3.63) is 65.2 Å². The average molecular weight is 320 g/mol. The first-order chi connectivity index (χ1) is 9.97. The summed E-state index contributed by atoms with van der Waals surface area (Å²) in [6.45, 7) is 1.57. The number of halogens is 1. The fourth-order valence-electron chi connectivity index (χ4n) is 2.43. The summed E-state index contributed by atoms with van der Waals surface area (Å²) in [6.07, 6.45) is 0.828. The quantitative estimate of drug-likeness (QED) is 0.851. The van der Waals surface area contributed by atoms with E-state index in [1.54, 1.807) is 19.1 Å². The molecule has 0 amide bonds. The van der Waals surface area contributed by atoms with E-state index in [2.05, 4.69) is 4.90 Å². The van der Waals surface area contributed by atoms with E-state index < -0.39 is 0 Å². The highest BCUT2D eigenvalue weighted by molar-refractivity contribution is 5.94. The van der Waals surface area contributed by atoms with E-state index in [9.17, 15) is 9.90 Å². The second-order valence-corrected chi connectivity index (χ2v) is 5.53. The molecular formula is C18H22ClNO2. The molecule has 0 aliphatic rings. The van der Waals surface area contributed by atoms with Gasteiger partial charge in [-0.3, -0.25) is 4.79 Å². The Morgan fingerprint density at radius 2 is 1.77 bits per heavy atom. The number of nitrogens with zero attached hydrogens (tertiary/aromatic N) is 1. The van der Waals surface area contributed by atoms with Gasteiger partial charge in [0.15, 0.2) is 5.78 Å². The van der Waals surface area contributed by atoms with Crippen LogP contribution in [0.15, 0.2) is 48.5 Å². The molecule has 0 saturated heterocycles. The highest BCUT2D eigenvalue weighted by Gasteiger charge is 2.15. The van der Waals surface area contributed by atoms with Gasteiger partial charge in [0.05, 0.1) is 0 Å². The second kappa shape index (κ2) is 7.97. The van der Waals surface area contributed by atoms with Crippen LogP contribution in [0.3, 0.4) is 0 Å². The molecular weight excluding hydrogens is 298 g/mol. The van der Waals surface area contributed by atoms with Crippen molar-refractivity contribution in [2.75, 3.05) is 14.1 Å². The van der Waals surface area contributed by atoms with Crippen LogP contribution in [-0.2, 0) is 6.42 Å². The van der Waals surface area contributed by atoms with Crippen LogP contribution in [0.5, 0.6) is 5.75 Å². The number of hydrogen-bond acceptors (Lipinski definition) is 3. The zero-order valence-electron chi connectivity index (χ0n) is 13.1. The summed E-state index contributed by atoms with van der Waals surface area (Å²) < 4.78 is 0. The number of likely N-dealkylation sites (N-methyl/N-ethyl adjacent to an activating group) is 1. The maximum Gasteiger partial charge on any atom is 0.159 e. The molecule has 118 valence electrons. The minimum Gasteiger partial charge on any atom is -0.508 e. The minimum absolute atomic E-state index is 0. The molecule has 2 aromatic carbocycles. The van der Waals surface area contributed by atoms with Gasteiger partial charge in [-0.1, -0.05) is 36.4 Å². The maximum absolute atomic E-state index is 11.3. The first-order valence-electron chi connectivity index (χ1n) is 7.02. The van der Waals surface area contributed by atoms with Crippen molar-refractivity contribution in [3.8, 4) is 5.75 Å². The molecule has 0 spiro atoms. The lowest BCUT2D eigenvalue weighted by Gasteiger charge is -2.25. The molecule has 0 aliphatic heterocycles. The van der Waals surface area contributed by atoms with Crippen molar-refractivity contribution in [3.63, 3.8) is 0 Å². The Morgan fingerprint density at radius 1 is 1.14 bits per heavy atom. The third-order valence-corrected chi connectivity index (χ3v) is 3.67. The van der Waals surface area contributed by atoms with Crippen molar-refractivity contribution < 1.29 is 9.90 Å².